The Morgan fingerprint density at radius 1 is 0.929 bits per heavy atom. The molecule has 0 saturated heterocycles. The van der Waals surface area contributed by atoms with E-state index in [-0.39, 0.29) is 6.04 Å². The van der Waals surface area contributed by atoms with Gasteiger partial charge in [-0.25, -0.2) is 4.79 Å². The number of rotatable bonds is 8. The van der Waals surface area contributed by atoms with Crippen LogP contribution in [-0.2, 0) is 4.79 Å². The molecule has 0 aromatic heterocycles. The molecule has 5 N–H and O–H groups in total. The number of imide groups is 1. The molecule has 2 rings (SSSR count). The fourth-order valence-electron chi connectivity index (χ4n) is 3.42. The predicted octanol–water partition coefficient (Wildman–Crippen LogP) is 3.40. The second-order valence-electron chi connectivity index (χ2n) is 7.68. The number of nitrogens with one attached hydrogen (secondary N) is 1. The predicted molar refractivity (Wildman–Crippen MR) is 112 cm³/mol. The SMILES string of the molecule is CC[C@H](C)c1ccc([C@@H]([NH2+][C@H](C(=O)NC(N)=O)c2ccccc2)C(C)C)cc1. The Morgan fingerprint density at radius 2 is 1.50 bits per heavy atom. The minimum absolute atomic E-state index is 0.0646. The summed E-state index contributed by atoms with van der Waals surface area (Å²) in [6.07, 6.45) is 1.10. The van der Waals surface area contributed by atoms with E-state index in [4.69, 9.17) is 5.73 Å². The van der Waals surface area contributed by atoms with Crippen molar-refractivity contribution in [1.29, 1.82) is 0 Å². The molecule has 3 atom stereocenters. The summed E-state index contributed by atoms with van der Waals surface area (Å²) in [5.41, 5.74) is 8.50. The fraction of sp³-hybridized carbons (Fsp3) is 0.391. The Bertz CT molecular complexity index is 772. The third kappa shape index (κ3) is 5.67. The van der Waals surface area contributed by atoms with E-state index in [0.29, 0.717) is 11.8 Å². The van der Waals surface area contributed by atoms with E-state index in [2.05, 4.69) is 57.3 Å². The summed E-state index contributed by atoms with van der Waals surface area (Å²) in [6.45, 7) is 8.68. The molecule has 0 aliphatic carbocycles. The lowest BCUT2D eigenvalue weighted by molar-refractivity contribution is -0.728. The van der Waals surface area contributed by atoms with Crippen LogP contribution in [0, 0.1) is 5.92 Å². The Kier molecular flexibility index (Phi) is 7.76. The summed E-state index contributed by atoms with van der Waals surface area (Å²) in [4.78, 5) is 23.9. The molecular formula is C23H32N3O2+. The maximum Gasteiger partial charge on any atom is 0.319 e. The van der Waals surface area contributed by atoms with Crippen molar-refractivity contribution in [3.63, 3.8) is 0 Å². The van der Waals surface area contributed by atoms with Crippen LogP contribution >= 0.6 is 0 Å². The third-order valence-electron chi connectivity index (χ3n) is 5.31. The Labute approximate surface area is 167 Å². The van der Waals surface area contributed by atoms with Crippen molar-refractivity contribution in [3.8, 4) is 0 Å². The average molecular weight is 383 g/mol. The topological polar surface area (TPSA) is 88.8 Å². The second-order valence-corrected chi connectivity index (χ2v) is 7.68. The zero-order chi connectivity index (χ0) is 20.7. The van der Waals surface area contributed by atoms with Crippen molar-refractivity contribution in [2.75, 3.05) is 0 Å². The molecule has 0 bridgehead atoms. The number of carbonyl (C=O) groups excluding carboxylic acids is 2. The zero-order valence-corrected chi connectivity index (χ0v) is 17.2. The minimum atomic E-state index is -0.835. The molecule has 0 heterocycles. The smallest absolute Gasteiger partial charge is 0.319 e. The number of benzene rings is 2. The number of nitrogens with two attached hydrogens (primary N) is 2. The van der Waals surface area contributed by atoms with E-state index in [1.165, 1.54) is 5.56 Å². The largest absolute Gasteiger partial charge is 0.351 e. The van der Waals surface area contributed by atoms with Crippen LogP contribution in [-0.4, -0.2) is 11.9 Å². The summed E-state index contributed by atoms with van der Waals surface area (Å²) in [7, 11) is 0. The maximum absolute atomic E-state index is 12.7. The van der Waals surface area contributed by atoms with Crippen LogP contribution in [0.15, 0.2) is 54.6 Å². The molecule has 150 valence electrons. The van der Waals surface area contributed by atoms with Crippen molar-refractivity contribution in [2.24, 2.45) is 11.7 Å². The van der Waals surface area contributed by atoms with Gasteiger partial charge in [0, 0.05) is 17.0 Å². The van der Waals surface area contributed by atoms with E-state index in [1.54, 1.807) is 0 Å². The highest BCUT2D eigenvalue weighted by atomic mass is 16.2. The minimum Gasteiger partial charge on any atom is -0.351 e. The van der Waals surface area contributed by atoms with Gasteiger partial charge in [-0.2, -0.15) is 0 Å². The van der Waals surface area contributed by atoms with Gasteiger partial charge < -0.3 is 11.1 Å². The lowest BCUT2D eigenvalue weighted by Crippen LogP contribution is -2.89. The normalized spacial score (nSPS) is 14.3. The van der Waals surface area contributed by atoms with Crippen LogP contribution in [0.1, 0.15) is 68.8 Å². The molecule has 0 radical (unpaired) electrons. The molecule has 3 amide bonds. The van der Waals surface area contributed by atoms with Crippen molar-refractivity contribution in [2.45, 2.75) is 52.1 Å². The summed E-state index contributed by atoms with van der Waals surface area (Å²) in [6, 6.07) is 16.8. The van der Waals surface area contributed by atoms with Gasteiger partial charge in [-0.1, -0.05) is 82.3 Å². The molecule has 2 aromatic rings. The van der Waals surface area contributed by atoms with Gasteiger partial charge in [-0.3, -0.25) is 10.1 Å². The monoisotopic (exact) mass is 382 g/mol. The molecule has 0 aliphatic heterocycles. The lowest BCUT2D eigenvalue weighted by atomic mass is 9.91. The Balaban J connectivity index is 2.32. The third-order valence-corrected chi connectivity index (χ3v) is 5.31. The van der Waals surface area contributed by atoms with E-state index >= 15 is 0 Å². The standard InChI is InChI=1S/C23H31N3O2/c1-5-16(4)17-11-13-19(14-12-17)20(15(2)3)25-21(22(27)26-23(24)28)18-9-7-6-8-10-18/h6-16,20-21,25H,5H2,1-4H3,(H3,24,26,27,28)/p+1/t16-,20-,21-/m0/s1. The van der Waals surface area contributed by atoms with Gasteiger partial charge in [0.25, 0.3) is 5.91 Å². The number of hydrogen-bond acceptors (Lipinski definition) is 2. The first-order chi connectivity index (χ1) is 13.3. The Hall–Kier alpha value is -2.66. The molecule has 5 heteroatoms. The van der Waals surface area contributed by atoms with E-state index in [9.17, 15) is 9.59 Å². The molecule has 0 spiro atoms. The van der Waals surface area contributed by atoms with Gasteiger partial charge >= 0.3 is 6.03 Å². The lowest BCUT2D eigenvalue weighted by Gasteiger charge is -2.25. The summed E-state index contributed by atoms with van der Waals surface area (Å²) >= 11 is 0. The van der Waals surface area contributed by atoms with Crippen LogP contribution in [0.3, 0.4) is 0 Å². The van der Waals surface area contributed by atoms with E-state index < -0.39 is 18.0 Å². The number of quaternary nitrogens is 1. The molecule has 28 heavy (non-hydrogen) atoms. The van der Waals surface area contributed by atoms with Gasteiger partial charge in [-0.05, 0) is 17.9 Å². The highest BCUT2D eigenvalue weighted by molar-refractivity contribution is 5.96. The molecule has 0 aliphatic rings. The number of amides is 3. The first-order valence-corrected chi connectivity index (χ1v) is 9.93. The van der Waals surface area contributed by atoms with Crippen LogP contribution < -0.4 is 16.4 Å². The Morgan fingerprint density at radius 3 is 2.00 bits per heavy atom. The van der Waals surface area contributed by atoms with Crippen LogP contribution in [0.4, 0.5) is 4.79 Å². The highest BCUT2D eigenvalue weighted by Crippen LogP contribution is 2.24. The van der Waals surface area contributed by atoms with E-state index in [0.717, 1.165) is 17.5 Å². The number of hydrogen-bond donors (Lipinski definition) is 3. The molecular weight excluding hydrogens is 350 g/mol. The van der Waals surface area contributed by atoms with Crippen molar-refractivity contribution in [1.82, 2.24) is 5.32 Å². The summed E-state index contributed by atoms with van der Waals surface area (Å²) in [5.74, 6) is 0.413. The maximum atomic E-state index is 12.7. The van der Waals surface area contributed by atoms with E-state index in [1.807, 2.05) is 35.6 Å². The van der Waals surface area contributed by atoms with Gasteiger partial charge in [0.2, 0.25) is 0 Å². The second kappa shape index (κ2) is 10.0. The average Bonchev–Trinajstić information content (AvgIpc) is 2.68. The number of carbonyl (C=O) groups is 2. The van der Waals surface area contributed by atoms with Gasteiger partial charge in [0.05, 0.1) is 0 Å². The number of urea groups is 1. The van der Waals surface area contributed by atoms with Crippen molar-refractivity contribution < 1.29 is 14.9 Å². The van der Waals surface area contributed by atoms with Crippen molar-refractivity contribution in [3.05, 3.63) is 71.3 Å². The first-order valence-electron chi connectivity index (χ1n) is 9.93. The van der Waals surface area contributed by atoms with Crippen molar-refractivity contribution >= 4 is 11.9 Å². The van der Waals surface area contributed by atoms with Crippen LogP contribution in [0.2, 0.25) is 0 Å². The molecule has 0 fully saturated rings. The number of primary amides is 1. The summed E-state index contributed by atoms with van der Waals surface area (Å²) in [5, 5.41) is 4.26. The molecule has 0 unspecified atom stereocenters. The zero-order valence-electron chi connectivity index (χ0n) is 17.2. The first kappa shape index (κ1) is 21.6. The molecule has 5 nitrogen and oxygen atoms in total. The van der Waals surface area contributed by atoms with Gasteiger partial charge in [0.15, 0.2) is 6.04 Å². The van der Waals surface area contributed by atoms with Gasteiger partial charge in [-0.15, -0.1) is 0 Å². The summed E-state index contributed by atoms with van der Waals surface area (Å²) < 4.78 is 0. The van der Waals surface area contributed by atoms with Crippen LogP contribution in [0.5, 0.6) is 0 Å². The molecule has 2 aromatic carbocycles. The highest BCUT2D eigenvalue weighted by Gasteiger charge is 2.31. The van der Waals surface area contributed by atoms with Gasteiger partial charge in [0.1, 0.15) is 6.04 Å². The van der Waals surface area contributed by atoms with Crippen LogP contribution in [0.25, 0.3) is 0 Å². The quantitative estimate of drug-likeness (QED) is 0.653. The molecule has 0 saturated carbocycles. The fourth-order valence-corrected chi connectivity index (χ4v) is 3.42.